The fourth-order valence-corrected chi connectivity index (χ4v) is 5.60. The van der Waals surface area contributed by atoms with Crippen LogP contribution in [-0.4, -0.2) is 29.8 Å². The van der Waals surface area contributed by atoms with E-state index in [0.29, 0.717) is 33.2 Å². The van der Waals surface area contributed by atoms with Gasteiger partial charge in [0.1, 0.15) is 0 Å². The van der Waals surface area contributed by atoms with Crippen molar-refractivity contribution in [3.8, 4) is 11.1 Å². The monoisotopic (exact) mass is 557 g/mol. The molecule has 0 saturated heterocycles. The SMILES string of the molecule is CCN(CC)c1ccc(N2C(=O)c3cccc4c(-c5ccc(Br)cc5C)c([N+](=O)[O-])cc(c34)C2=O)cc1. The molecule has 0 fully saturated rings. The van der Waals surface area contributed by atoms with E-state index in [-0.39, 0.29) is 11.3 Å². The summed E-state index contributed by atoms with van der Waals surface area (Å²) in [4.78, 5) is 42.5. The predicted octanol–water partition coefficient (Wildman–Crippen LogP) is 7.13. The molecule has 7 nitrogen and oxygen atoms in total. The number of hydrogen-bond acceptors (Lipinski definition) is 5. The van der Waals surface area contributed by atoms with Gasteiger partial charge in [-0.25, -0.2) is 4.90 Å². The first-order chi connectivity index (χ1) is 17.8. The molecule has 1 aliphatic rings. The molecule has 4 aromatic rings. The summed E-state index contributed by atoms with van der Waals surface area (Å²) >= 11 is 3.44. The summed E-state index contributed by atoms with van der Waals surface area (Å²) in [5, 5.41) is 13.2. The van der Waals surface area contributed by atoms with Gasteiger partial charge in [0.2, 0.25) is 0 Å². The van der Waals surface area contributed by atoms with E-state index in [1.807, 2.05) is 37.3 Å². The van der Waals surface area contributed by atoms with Gasteiger partial charge in [0.15, 0.2) is 0 Å². The first kappa shape index (κ1) is 24.6. The molecule has 8 heteroatoms. The third kappa shape index (κ3) is 3.97. The highest BCUT2D eigenvalue weighted by molar-refractivity contribution is 9.10. The van der Waals surface area contributed by atoms with Crippen LogP contribution >= 0.6 is 15.9 Å². The van der Waals surface area contributed by atoms with Crippen LogP contribution in [0.25, 0.3) is 21.9 Å². The van der Waals surface area contributed by atoms with Crippen molar-refractivity contribution in [2.75, 3.05) is 22.9 Å². The Bertz CT molecular complexity index is 1590. The Morgan fingerprint density at radius 1 is 0.892 bits per heavy atom. The first-order valence-corrected chi connectivity index (χ1v) is 12.8. The molecule has 0 aliphatic carbocycles. The van der Waals surface area contributed by atoms with Gasteiger partial charge in [0.25, 0.3) is 17.5 Å². The Kier molecular flexibility index (Phi) is 6.29. The van der Waals surface area contributed by atoms with Gasteiger partial charge in [-0.1, -0.05) is 34.1 Å². The summed E-state index contributed by atoms with van der Waals surface area (Å²) in [6.45, 7) is 7.65. The zero-order valence-electron chi connectivity index (χ0n) is 20.6. The first-order valence-electron chi connectivity index (χ1n) is 12.0. The largest absolute Gasteiger partial charge is 0.372 e. The van der Waals surface area contributed by atoms with E-state index >= 15 is 0 Å². The van der Waals surface area contributed by atoms with Gasteiger partial charge >= 0.3 is 0 Å². The smallest absolute Gasteiger partial charge is 0.278 e. The summed E-state index contributed by atoms with van der Waals surface area (Å²) in [7, 11) is 0. The molecule has 0 spiro atoms. The minimum absolute atomic E-state index is 0.142. The topological polar surface area (TPSA) is 83.8 Å². The van der Waals surface area contributed by atoms with E-state index in [1.54, 1.807) is 30.3 Å². The van der Waals surface area contributed by atoms with Crippen molar-refractivity contribution in [1.29, 1.82) is 0 Å². The molecule has 186 valence electrons. The molecule has 5 rings (SSSR count). The summed E-state index contributed by atoms with van der Waals surface area (Å²) in [6, 6.07) is 19.2. The predicted molar refractivity (Wildman–Crippen MR) is 150 cm³/mol. The van der Waals surface area contributed by atoms with Gasteiger partial charge in [-0.3, -0.25) is 19.7 Å². The molecule has 0 radical (unpaired) electrons. The zero-order chi connectivity index (χ0) is 26.4. The second kappa shape index (κ2) is 9.44. The van der Waals surface area contributed by atoms with E-state index in [0.717, 1.165) is 33.7 Å². The third-order valence-electron chi connectivity index (χ3n) is 6.90. The van der Waals surface area contributed by atoms with Crippen LogP contribution in [-0.2, 0) is 0 Å². The van der Waals surface area contributed by atoms with Crippen molar-refractivity contribution in [2.45, 2.75) is 20.8 Å². The lowest BCUT2D eigenvalue weighted by Crippen LogP contribution is -2.40. The van der Waals surface area contributed by atoms with Gasteiger partial charge in [-0.15, -0.1) is 0 Å². The van der Waals surface area contributed by atoms with Crippen molar-refractivity contribution in [1.82, 2.24) is 0 Å². The maximum absolute atomic E-state index is 13.7. The van der Waals surface area contributed by atoms with Gasteiger partial charge < -0.3 is 4.90 Å². The van der Waals surface area contributed by atoms with Crippen LogP contribution in [0.1, 0.15) is 40.1 Å². The highest BCUT2D eigenvalue weighted by Crippen LogP contribution is 2.44. The van der Waals surface area contributed by atoms with Gasteiger partial charge in [-0.05, 0) is 79.7 Å². The number of rotatable bonds is 6. The number of nitrogens with zero attached hydrogens (tertiary/aromatic N) is 3. The van der Waals surface area contributed by atoms with E-state index in [4.69, 9.17) is 0 Å². The lowest BCUT2D eigenvalue weighted by molar-refractivity contribution is -0.384. The molecule has 0 N–H and O–H groups in total. The number of benzene rings is 4. The number of nitro groups is 1. The Labute approximate surface area is 222 Å². The summed E-state index contributed by atoms with van der Waals surface area (Å²) in [5.74, 6) is -1.03. The molecule has 1 heterocycles. The van der Waals surface area contributed by atoms with Crippen molar-refractivity contribution < 1.29 is 14.5 Å². The molecule has 37 heavy (non-hydrogen) atoms. The summed E-state index contributed by atoms with van der Waals surface area (Å²) < 4.78 is 0.854. The Balaban J connectivity index is 1.72. The van der Waals surface area contributed by atoms with Crippen molar-refractivity contribution in [2.24, 2.45) is 0 Å². The normalized spacial score (nSPS) is 12.8. The number of imide groups is 1. The quantitative estimate of drug-likeness (QED) is 0.143. The second-order valence-corrected chi connectivity index (χ2v) is 9.81. The van der Waals surface area contributed by atoms with Crippen LogP contribution in [0, 0.1) is 17.0 Å². The van der Waals surface area contributed by atoms with Crippen LogP contribution in [0.15, 0.2) is 71.2 Å². The fourth-order valence-electron chi connectivity index (χ4n) is 5.12. The molecule has 1 aliphatic heterocycles. The number of carbonyl (C=O) groups excluding carboxylic acids is 2. The van der Waals surface area contributed by atoms with Crippen LogP contribution < -0.4 is 9.80 Å². The molecule has 0 aromatic heterocycles. The number of carbonyl (C=O) groups is 2. The average molecular weight is 558 g/mol. The van der Waals surface area contributed by atoms with E-state index in [9.17, 15) is 19.7 Å². The average Bonchev–Trinajstić information content (AvgIpc) is 2.88. The lowest BCUT2D eigenvalue weighted by Gasteiger charge is -2.28. The number of aryl methyl sites for hydroxylation is 1. The second-order valence-electron chi connectivity index (χ2n) is 8.90. The van der Waals surface area contributed by atoms with Crippen LogP contribution in [0.4, 0.5) is 17.1 Å². The molecule has 0 unspecified atom stereocenters. The van der Waals surface area contributed by atoms with Crippen molar-refractivity contribution >= 4 is 55.6 Å². The van der Waals surface area contributed by atoms with E-state index in [1.165, 1.54) is 6.07 Å². The van der Waals surface area contributed by atoms with Crippen molar-refractivity contribution in [3.63, 3.8) is 0 Å². The zero-order valence-corrected chi connectivity index (χ0v) is 22.2. The number of hydrogen-bond donors (Lipinski definition) is 0. The van der Waals surface area contributed by atoms with Crippen LogP contribution in [0.2, 0.25) is 0 Å². The summed E-state index contributed by atoms with van der Waals surface area (Å²) in [6.07, 6.45) is 0. The summed E-state index contributed by atoms with van der Waals surface area (Å²) in [5.41, 5.74) is 3.61. The van der Waals surface area contributed by atoms with Crippen LogP contribution in [0.3, 0.4) is 0 Å². The third-order valence-corrected chi connectivity index (χ3v) is 7.39. The van der Waals surface area contributed by atoms with Gasteiger partial charge in [0, 0.05) is 40.3 Å². The molecule has 0 bridgehead atoms. The maximum Gasteiger partial charge on any atom is 0.278 e. The molecule has 4 aromatic carbocycles. The van der Waals surface area contributed by atoms with Crippen molar-refractivity contribution in [3.05, 3.63) is 98.0 Å². The number of nitro benzene ring substituents is 1. The lowest BCUT2D eigenvalue weighted by atomic mass is 9.86. The molecule has 0 saturated carbocycles. The number of halogens is 1. The van der Waals surface area contributed by atoms with Gasteiger partial charge in [0.05, 0.1) is 21.7 Å². The van der Waals surface area contributed by atoms with Crippen LogP contribution in [0.5, 0.6) is 0 Å². The minimum atomic E-state index is -0.577. The maximum atomic E-state index is 13.7. The molecule has 2 amide bonds. The minimum Gasteiger partial charge on any atom is -0.372 e. The van der Waals surface area contributed by atoms with E-state index < -0.39 is 16.7 Å². The standard InChI is InChI=1S/C29H24BrN3O4/c1-4-31(5-2)19-10-12-20(13-11-19)32-28(34)23-8-6-7-22-26(23)24(29(32)35)16-25(33(36)37)27(22)21-14-9-18(30)15-17(21)3/h6-16H,4-5H2,1-3H3. The number of anilines is 2. The van der Waals surface area contributed by atoms with E-state index in [2.05, 4.69) is 34.7 Å². The van der Waals surface area contributed by atoms with Gasteiger partial charge in [-0.2, -0.15) is 0 Å². The Hall–Kier alpha value is -4.04. The molecule has 0 atom stereocenters. The highest BCUT2D eigenvalue weighted by atomic mass is 79.9. The Morgan fingerprint density at radius 2 is 1.57 bits per heavy atom. The Morgan fingerprint density at radius 3 is 2.19 bits per heavy atom. The fraction of sp³-hybridized carbons (Fsp3) is 0.172. The highest BCUT2D eigenvalue weighted by Gasteiger charge is 2.37. The molecular weight excluding hydrogens is 534 g/mol. The number of amides is 2. The molecular formula is C29H24BrN3O4.